The average molecular weight is 384 g/mol. The van der Waals surface area contributed by atoms with Crippen LogP contribution in [0.3, 0.4) is 0 Å². The van der Waals surface area contributed by atoms with Gasteiger partial charge in [-0.15, -0.1) is 11.8 Å². The zero-order valence-corrected chi connectivity index (χ0v) is 16.7. The Bertz CT molecular complexity index is 843. The molecule has 1 fully saturated rings. The van der Waals surface area contributed by atoms with E-state index in [2.05, 4.69) is 12.1 Å². The molecule has 1 spiro atoms. The Kier molecular flexibility index (Phi) is 5.15. The van der Waals surface area contributed by atoms with Crippen molar-refractivity contribution in [3.8, 4) is 5.75 Å². The molecular formula is C22H25NO3S. The van der Waals surface area contributed by atoms with Crippen LogP contribution >= 0.6 is 11.8 Å². The Labute approximate surface area is 164 Å². The van der Waals surface area contributed by atoms with Crippen LogP contribution in [0.4, 0.5) is 0 Å². The number of methoxy groups -OCH3 is 1. The lowest BCUT2D eigenvalue weighted by Gasteiger charge is -2.45. The third-order valence-electron chi connectivity index (χ3n) is 5.73. The highest BCUT2D eigenvalue weighted by molar-refractivity contribution is 7.98. The van der Waals surface area contributed by atoms with Gasteiger partial charge in [-0.2, -0.15) is 0 Å². The largest absolute Gasteiger partial charge is 0.497 e. The van der Waals surface area contributed by atoms with E-state index in [1.54, 1.807) is 18.9 Å². The minimum atomic E-state index is -0.266. The van der Waals surface area contributed by atoms with E-state index in [4.69, 9.17) is 9.47 Å². The van der Waals surface area contributed by atoms with Crippen molar-refractivity contribution in [2.45, 2.75) is 29.8 Å². The first-order valence-electron chi connectivity index (χ1n) is 9.40. The number of amides is 1. The fourth-order valence-corrected chi connectivity index (χ4v) is 4.67. The Balaban J connectivity index is 1.51. The summed E-state index contributed by atoms with van der Waals surface area (Å²) in [7, 11) is 1.70. The number of rotatable bonds is 3. The summed E-state index contributed by atoms with van der Waals surface area (Å²) in [4.78, 5) is 16.0. The number of carbonyl (C=O) groups is 1. The second-order valence-electron chi connectivity index (χ2n) is 7.14. The lowest BCUT2D eigenvalue weighted by atomic mass is 9.79. The van der Waals surface area contributed by atoms with E-state index < -0.39 is 0 Å². The number of ether oxygens (including phenoxy) is 2. The van der Waals surface area contributed by atoms with E-state index in [0.717, 1.165) is 42.1 Å². The van der Waals surface area contributed by atoms with Gasteiger partial charge in [0.15, 0.2) is 0 Å². The number of hydrogen-bond donors (Lipinski definition) is 0. The first-order chi connectivity index (χ1) is 13.1. The molecule has 5 heteroatoms. The van der Waals surface area contributed by atoms with E-state index >= 15 is 0 Å². The lowest BCUT2D eigenvalue weighted by molar-refractivity contribution is -0.0935. The summed E-state index contributed by atoms with van der Waals surface area (Å²) in [6.45, 7) is 2.16. The molecule has 0 N–H and O–H groups in total. The number of piperidine rings is 1. The highest BCUT2D eigenvalue weighted by Gasteiger charge is 2.41. The van der Waals surface area contributed by atoms with E-state index in [1.807, 2.05) is 41.5 Å². The summed E-state index contributed by atoms with van der Waals surface area (Å²) >= 11 is 1.66. The second kappa shape index (κ2) is 7.56. The lowest BCUT2D eigenvalue weighted by Crippen LogP contribution is -2.48. The molecule has 0 aliphatic carbocycles. The van der Waals surface area contributed by atoms with Crippen molar-refractivity contribution in [1.82, 2.24) is 4.90 Å². The van der Waals surface area contributed by atoms with Crippen molar-refractivity contribution in [2.75, 3.05) is 33.1 Å². The molecule has 1 amide bonds. The van der Waals surface area contributed by atoms with E-state index in [1.165, 1.54) is 11.1 Å². The maximum absolute atomic E-state index is 12.9. The second-order valence-corrected chi connectivity index (χ2v) is 8.02. The Morgan fingerprint density at radius 3 is 2.74 bits per heavy atom. The molecule has 4 nitrogen and oxygen atoms in total. The van der Waals surface area contributed by atoms with Crippen molar-refractivity contribution in [2.24, 2.45) is 0 Å². The molecule has 0 radical (unpaired) electrons. The average Bonchev–Trinajstić information content (AvgIpc) is 2.73. The van der Waals surface area contributed by atoms with Gasteiger partial charge in [-0.1, -0.05) is 12.1 Å². The summed E-state index contributed by atoms with van der Waals surface area (Å²) in [6.07, 6.45) is 4.61. The quantitative estimate of drug-likeness (QED) is 0.748. The van der Waals surface area contributed by atoms with Gasteiger partial charge in [0.05, 0.1) is 19.3 Å². The first kappa shape index (κ1) is 18.4. The molecule has 27 heavy (non-hydrogen) atoms. The van der Waals surface area contributed by atoms with Gasteiger partial charge in [0.25, 0.3) is 5.91 Å². The van der Waals surface area contributed by atoms with Crippen molar-refractivity contribution in [3.63, 3.8) is 0 Å². The molecule has 0 unspecified atom stereocenters. The fourth-order valence-electron chi connectivity index (χ4n) is 4.21. The number of carbonyl (C=O) groups excluding carboxylic acids is 1. The summed E-state index contributed by atoms with van der Waals surface area (Å²) in [5, 5.41) is 0. The van der Waals surface area contributed by atoms with Gasteiger partial charge < -0.3 is 14.4 Å². The first-order valence-corrected chi connectivity index (χ1v) is 10.6. The van der Waals surface area contributed by atoms with Gasteiger partial charge in [0.1, 0.15) is 5.75 Å². The van der Waals surface area contributed by atoms with Gasteiger partial charge in [-0.3, -0.25) is 4.79 Å². The fraction of sp³-hybridized carbons (Fsp3) is 0.409. The van der Waals surface area contributed by atoms with Crippen LogP contribution in [0, 0.1) is 0 Å². The molecule has 4 rings (SSSR count). The normalized spacial score (nSPS) is 18.2. The van der Waals surface area contributed by atoms with Crippen molar-refractivity contribution >= 4 is 17.7 Å². The molecule has 2 aromatic carbocycles. The van der Waals surface area contributed by atoms with Crippen LogP contribution in [0.5, 0.6) is 5.75 Å². The zero-order chi connectivity index (χ0) is 18.9. The molecule has 0 bridgehead atoms. The standard InChI is InChI=1S/C22H25NO3S/c1-25-18-6-7-20-16(14-18)8-13-26-22(20)9-11-23(12-10-22)21(24)17-4-3-5-19(15-17)27-2/h3-7,14-15H,8-13H2,1-2H3. The monoisotopic (exact) mass is 383 g/mol. The summed E-state index contributed by atoms with van der Waals surface area (Å²) in [5.74, 6) is 1.01. The van der Waals surface area contributed by atoms with Crippen molar-refractivity contribution < 1.29 is 14.3 Å². The SMILES string of the molecule is COc1ccc2c(c1)CCOC21CCN(C(=O)c2cccc(SC)c2)CC1. The highest BCUT2D eigenvalue weighted by atomic mass is 32.2. The Morgan fingerprint density at radius 2 is 2.00 bits per heavy atom. The van der Waals surface area contributed by atoms with Crippen LogP contribution in [0.2, 0.25) is 0 Å². The van der Waals surface area contributed by atoms with Gasteiger partial charge in [-0.05, 0) is 67.0 Å². The Morgan fingerprint density at radius 1 is 1.19 bits per heavy atom. The van der Waals surface area contributed by atoms with Crippen LogP contribution in [-0.4, -0.2) is 43.9 Å². The molecule has 0 aromatic heterocycles. The summed E-state index contributed by atoms with van der Waals surface area (Å²) in [6, 6.07) is 14.2. The molecule has 0 saturated carbocycles. The number of fused-ring (bicyclic) bond motifs is 2. The number of thioether (sulfide) groups is 1. The van der Waals surface area contributed by atoms with Gasteiger partial charge in [0.2, 0.25) is 0 Å². The van der Waals surface area contributed by atoms with Crippen molar-refractivity contribution in [1.29, 1.82) is 0 Å². The van der Waals surface area contributed by atoms with Crippen LogP contribution in [0.1, 0.15) is 34.3 Å². The minimum absolute atomic E-state index is 0.117. The summed E-state index contributed by atoms with van der Waals surface area (Å²) < 4.78 is 11.7. The molecule has 1 saturated heterocycles. The van der Waals surface area contributed by atoms with Gasteiger partial charge >= 0.3 is 0 Å². The molecule has 2 aromatic rings. The number of benzene rings is 2. The van der Waals surface area contributed by atoms with Crippen LogP contribution in [0.25, 0.3) is 0 Å². The molecule has 2 aliphatic rings. The minimum Gasteiger partial charge on any atom is -0.497 e. The molecule has 2 heterocycles. The van der Waals surface area contributed by atoms with E-state index in [0.29, 0.717) is 13.1 Å². The van der Waals surface area contributed by atoms with Gasteiger partial charge in [0, 0.05) is 23.5 Å². The van der Waals surface area contributed by atoms with Crippen LogP contribution in [-0.2, 0) is 16.8 Å². The Hall–Kier alpha value is -1.98. The zero-order valence-electron chi connectivity index (χ0n) is 15.9. The number of nitrogens with zero attached hydrogens (tertiary/aromatic N) is 1. The van der Waals surface area contributed by atoms with Crippen molar-refractivity contribution in [3.05, 3.63) is 59.2 Å². The van der Waals surface area contributed by atoms with Gasteiger partial charge in [-0.25, -0.2) is 0 Å². The smallest absolute Gasteiger partial charge is 0.253 e. The maximum atomic E-state index is 12.9. The predicted molar refractivity (Wildman–Crippen MR) is 108 cm³/mol. The third kappa shape index (κ3) is 3.46. The molecule has 142 valence electrons. The predicted octanol–water partition coefficient (Wildman–Crippen LogP) is 4.12. The van der Waals surface area contributed by atoms with E-state index in [9.17, 15) is 4.79 Å². The van der Waals surface area contributed by atoms with E-state index in [-0.39, 0.29) is 11.5 Å². The third-order valence-corrected chi connectivity index (χ3v) is 6.45. The highest BCUT2D eigenvalue weighted by Crippen LogP contribution is 2.42. The summed E-state index contributed by atoms with van der Waals surface area (Å²) in [5.41, 5.74) is 3.09. The molecule has 0 atom stereocenters. The molecular weight excluding hydrogens is 358 g/mol. The van der Waals surface area contributed by atoms with Crippen LogP contribution < -0.4 is 4.74 Å². The maximum Gasteiger partial charge on any atom is 0.253 e. The number of hydrogen-bond acceptors (Lipinski definition) is 4. The topological polar surface area (TPSA) is 38.8 Å². The molecule has 2 aliphatic heterocycles. The number of likely N-dealkylation sites (tertiary alicyclic amines) is 1. The van der Waals surface area contributed by atoms with Crippen LogP contribution in [0.15, 0.2) is 47.4 Å².